The van der Waals surface area contributed by atoms with Gasteiger partial charge in [0.15, 0.2) is 0 Å². The zero-order valence-electron chi connectivity index (χ0n) is 26.9. The summed E-state index contributed by atoms with van der Waals surface area (Å²) in [6.07, 6.45) is 1.15. The fraction of sp³-hybridized carbons (Fsp3) is 0.400. The molecule has 2 aliphatic carbocycles. The number of benzene rings is 3. The molecule has 5 rings (SSSR count). The molecule has 5 N–H and O–H groups in total. The lowest BCUT2D eigenvalue weighted by molar-refractivity contribution is -0.139. The number of rotatable bonds is 10. The minimum Gasteiger partial charge on any atom is -0.480 e. The molecular weight excluding hydrogens is 604 g/mol. The number of aliphatic carboxylic acids is 1. The third-order valence-corrected chi connectivity index (χ3v) is 10.8. The third kappa shape index (κ3) is 6.60. The molecule has 46 heavy (non-hydrogen) atoms. The van der Waals surface area contributed by atoms with E-state index in [0.717, 1.165) is 51.8 Å². The van der Waals surface area contributed by atoms with E-state index in [-0.39, 0.29) is 48.2 Å². The second-order valence-electron chi connectivity index (χ2n) is 13.1. The van der Waals surface area contributed by atoms with Gasteiger partial charge in [-0.25, -0.2) is 22.7 Å². The molecule has 0 fully saturated rings. The van der Waals surface area contributed by atoms with Gasteiger partial charge in [-0.15, -0.1) is 0 Å². The number of alkyl carbamates (subject to hydrolysis) is 1. The molecule has 244 valence electrons. The fourth-order valence-electron chi connectivity index (χ4n) is 6.92. The lowest BCUT2D eigenvalue weighted by Gasteiger charge is -2.19. The van der Waals surface area contributed by atoms with Gasteiger partial charge >= 0.3 is 12.1 Å². The molecule has 0 spiro atoms. The predicted octanol–water partition coefficient (Wildman–Crippen LogP) is 5.10. The molecule has 0 radical (unpaired) electrons. The van der Waals surface area contributed by atoms with Crippen LogP contribution in [0.15, 0.2) is 58.4 Å². The number of carboxylic acids is 1. The van der Waals surface area contributed by atoms with Crippen molar-refractivity contribution >= 4 is 28.0 Å². The smallest absolute Gasteiger partial charge is 0.407 e. The van der Waals surface area contributed by atoms with Crippen LogP contribution >= 0.6 is 0 Å². The first-order chi connectivity index (χ1) is 21.7. The molecule has 0 heterocycles. The Morgan fingerprint density at radius 2 is 1.54 bits per heavy atom. The third-order valence-electron chi connectivity index (χ3n) is 9.20. The predicted molar refractivity (Wildman–Crippen MR) is 178 cm³/mol. The topological polar surface area (TPSA) is 160 Å². The lowest BCUT2D eigenvalue weighted by Crippen LogP contribution is -2.41. The number of nitrogens with one attached hydrogen (secondary N) is 2. The number of fused-ring (bicyclic) bond motifs is 4. The summed E-state index contributed by atoms with van der Waals surface area (Å²) >= 11 is 0. The summed E-state index contributed by atoms with van der Waals surface area (Å²) in [6.45, 7) is 10.1. The van der Waals surface area contributed by atoms with Crippen LogP contribution in [0, 0.1) is 26.2 Å². The molecular formula is C35H42N4O6S. The van der Waals surface area contributed by atoms with Gasteiger partial charge in [0.25, 0.3) is 10.0 Å². The molecule has 3 aromatic carbocycles. The van der Waals surface area contributed by atoms with E-state index in [2.05, 4.69) is 28.9 Å². The average Bonchev–Trinajstić information content (AvgIpc) is 3.50. The highest BCUT2D eigenvalue weighted by atomic mass is 32.2. The summed E-state index contributed by atoms with van der Waals surface area (Å²) in [7, 11) is -4.01. The van der Waals surface area contributed by atoms with Crippen molar-refractivity contribution in [1.82, 2.24) is 10.0 Å². The van der Waals surface area contributed by atoms with Crippen molar-refractivity contribution in [3.05, 3.63) is 87.5 Å². The summed E-state index contributed by atoms with van der Waals surface area (Å²) in [4.78, 5) is 28.9. The van der Waals surface area contributed by atoms with Crippen LogP contribution in [0.3, 0.4) is 0 Å². The van der Waals surface area contributed by atoms with Crippen molar-refractivity contribution in [3.8, 4) is 11.1 Å². The van der Waals surface area contributed by atoms with E-state index < -0.39 is 28.1 Å². The lowest BCUT2D eigenvalue weighted by atomic mass is 9.90. The van der Waals surface area contributed by atoms with Crippen molar-refractivity contribution in [1.29, 1.82) is 0 Å². The van der Waals surface area contributed by atoms with Crippen LogP contribution in [0.1, 0.15) is 71.6 Å². The Hall–Kier alpha value is -4.38. The van der Waals surface area contributed by atoms with E-state index >= 15 is 0 Å². The van der Waals surface area contributed by atoms with Crippen molar-refractivity contribution < 1.29 is 27.9 Å². The summed E-state index contributed by atoms with van der Waals surface area (Å²) in [5.74, 6) is -1.65. The number of ether oxygens (including phenoxy) is 1. The summed E-state index contributed by atoms with van der Waals surface area (Å²) in [5, 5.41) is 12.1. The van der Waals surface area contributed by atoms with Gasteiger partial charge in [-0.1, -0.05) is 62.4 Å². The number of amides is 1. The van der Waals surface area contributed by atoms with Gasteiger partial charge in [0.2, 0.25) is 5.96 Å². The molecule has 11 heteroatoms. The van der Waals surface area contributed by atoms with Gasteiger partial charge in [-0.2, -0.15) is 0 Å². The van der Waals surface area contributed by atoms with Crippen molar-refractivity contribution in [3.63, 3.8) is 0 Å². The quantitative estimate of drug-likeness (QED) is 0.135. The van der Waals surface area contributed by atoms with Crippen LogP contribution in [-0.4, -0.2) is 50.7 Å². The van der Waals surface area contributed by atoms with Gasteiger partial charge in [0.05, 0.1) is 4.90 Å². The Morgan fingerprint density at radius 1 is 0.978 bits per heavy atom. The number of guanidine groups is 1. The minimum absolute atomic E-state index is 0.0427. The van der Waals surface area contributed by atoms with Crippen LogP contribution in [0.2, 0.25) is 0 Å². The van der Waals surface area contributed by atoms with E-state index in [1.54, 1.807) is 0 Å². The Balaban J connectivity index is 1.16. The van der Waals surface area contributed by atoms with E-state index in [4.69, 9.17) is 10.5 Å². The zero-order chi connectivity index (χ0) is 33.4. The first-order valence-corrected chi connectivity index (χ1v) is 17.0. The molecule has 3 aromatic rings. The number of hydrogen-bond donors (Lipinski definition) is 4. The zero-order valence-corrected chi connectivity index (χ0v) is 27.8. The average molecular weight is 647 g/mol. The van der Waals surface area contributed by atoms with Gasteiger partial charge in [-0.05, 0) is 102 Å². The molecule has 0 bridgehead atoms. The second-order valence-corrected chi connectivity index (χ2v) is 14.7. The number of aliphatic imine (C=N–C) groups is 1. The number of carboxylic acid groups (broad SMARTS) is 1. The molecule has 1 atom stereocenters. The molecule has 2 aliphatic rings. The number of nitrogens with two attached hydrogens (primary N) is 1. The minimum atomic E-state index is -4.01. The normalized spacial score (nSPS) is 15.9. The molecule has 1 unspecified atom stereocenters. The van der Waals surface area contributed by atoms with Crippen LogP contribution in [0.25, 0.3) is 11.1 Å². The highest BCUT2D eigenvalue weighted by Gasteiger charge is 2.35. The summed E-state index contributed by atoms with van der Waals surface area (Å²) in [6, 6.07) is 14.7. The highest BCUT2D eigenvalue weighted by molar-refractivity contribution is 7.90. The molecule has 0 saturated heterocycles. The van der Waals surface area contributed by atoms with Gasteiger partial charge in [0.1, 0.15) is 12.6 Å². The van der Waals surface area contributed by atoms with Crippen LogP contribution < -0.4 is 15.8 Å². The Kier molecular flexibility index (Phi) is 9.17. The highest BCUT2D eigenvalue weighted by Crippen LogP contribution is 2.45. The molecule has 10 nitrogen and oxygen atoms in total. The number of hydrogen-bond acceptors (Lipinski definition) is 6. The maximum Gasteiger partial charge on any atom is 0.407 e. The van der Waals surface area contributed by atoms with E-state index in [1.807, 2.05) is 69.3 Å². The van der Waals surface area contributed by atoms with Crippen molar-refractivity contribution in [2.45, 2.75) is 77.2 Å². The first kappa shape index (κ1) is 33.0. The van der Waals surface area contributed by atoms with E-state index in [0.29, 0.717) is 5.56 Å². The standard InChI is InChI=1S/C35H42N4O6S/c1-20-21(2)31(22(3)28-18-35(4,5)17-27(20)28)46(43,44)39-33(36)37-16-10-15-30(32(40)41)38-34(42)45-19-29-25-13-8-6-11-23(25)24-12-7-9-14-26(24)29/h6-9,11-14,29-30H,10,15-19H2,1-5H3,(H,38,42)(H,40,41)(H3,36,37,39). The molecule has 0 aromatic heterocycles. The fourth-order valence-corrected chi connectivity index (χ4v) is 8.45. The van der Waals surface area contributed by atoms with Gasteiger partial charge in [-0.3, -0.25) is 4.99 Å². The van der Waals surface area contributed by atoms with Crippen LogP contribution in [-0.2, 0) is 32.4 Å². The van der Waals surface area contributed by atoms with Gasteiger partial charge in [0, 0.05) is 12.5 Å². The van der Waals surface area contributed by atoms with E-state index in [9.17, 15) is 23.1 Å². The SMILES string of the molecule is Cc1c(C)c(S(=O)(=O)NC(N)=NCCCC(NC(=O)OCC2c3ccccc3-c3ccccc32)C(=O)O)c(C)c2c1CC(C)(C)C2. The van der Waals surface area contributed by atoms with Crippen molar-refractivity contribution in [2.75, 3.05) is 13.2 Å². The first-order valence-electron chi connectivity index (χ1n) is 15.5. The Morgan fingerprint density at radius 3 is 2.13 bits per heavy atom. The van der Waals surface area contributed by atoms with E-state index in [1.165, 1.54) is 5.56 Å². The Labute approximate surface area is 270 Å². The Bertz CT molecular complexity index is 1790. The monoisotopic (exact) mass is 646 g/mol. The number of nitrogens with zero attached hydrogens (tertiary/aromatic N) is 1. The number of carbonyl (C=O) groups is 2. The maximum atomic E-state index is 13.4. The van der Waals surface area contributed by atoms with Crippen molar-refractivity contribution in [2.24, 2.45) is 16.1 Å². The maximum absolute atomic E-state index is 13.4. The second kappa shape index (κ2) is 12.8. The van der Waals surface area contributed by atoms with Gasteiger partial charge < -0.3 is 20.9 Å². The molecule has 0 aliphatic heterocycles. The van der Waals surface area contributed by atoms with Crippen LogP contribution in [0.4, 0.5) is 4.79 Å². The molecule has 0 saturated carbocycles. The largest absolute Gasteiger partial charge is 0.480 e. The summed E-state index contributed by atoms with van der Waals surface area (Å²) in [5.41, 5.74) is 15.0. The number of carbonyl (C=O) groups excluding carboxylic acids is 1. The number of sulfonamides is 1. The summed E-state index contributed by atoms with van der Waals surface area (Å²) < 4.78 is 34.7. The molecule has 1 amide bonds. The van der Waals surface area contributed by atoms with Crippen LogP contribution in [0.5, 0.6) is 0 Å².